The Morgan fingerprint density at radius 1 is 1.19 bits per heavy atom. The SMILES string of the molecule is C/C1=C\CC(C)(C)[C@@H]2O[C@H]2C/C(C)=C/CC1. The lowest BCUT2D eigenvalue weighted by atomic mass is 9.82. The molecule has 0 radical (unpaired) electrons. The predicted molar refractivity (Wildman–Crippen MR) is 68.4 cm³/mol. The third kappa shape index (κ3) is 2.76. The van der Waals surface area contributed by atoms with E-state index < -0.39 is 0 Å². The van der Waals surface area contributed by atoms with Crippen molar-refractivity contribution in [3.05, 3.63) is 23.3 Å². The van der Waals surface area contributed by atoms with E-state index in [1.54, 1.807) is 0 Å². The first-order valence-corrected chi connectivity index (χ1v) is 6.46. The molecule has 1 heteroatoms. The monoisotopic (exact) mass is 220 g/mol. The molecule has 90 valence electrons. The summed E-state index contributed by atoms with van der Waals surface area (Å²) >= 11 is 0. The van der Waals surface area contributed by atoms with Crippen molar-refractivity contribution in [2.45, 2.75) is 65.6 Å². The number of fused-ring (bicyclic) bond motifs is 1. The quantitative estimate of drug-likeness (QED) is 0.439. The van der Waals surface area contributed by atoms with Crippen LogP contribution >= 0.6 is 0 Å². The maximum absolute atomic E-state index is 5.84. The van der Waals surface area contributed by atoms with E-state index in [2.05, 4.69) is 39.8 Å². The number of allylic oxidation sites excluding steroid dienone is 3. The zero-order chi connectivity index (χ0) is 11.8. The van der Waals surface area contributed by atoms with Gasteiger partial charge in [0.05, 0.1) is 12.2 Å². The highest BCUT2D eigenvalue weighted by Crippen LogP contribution is 2.44. The molecule has 0 amide bonds. The molecule has 1 heterocycles. The van der Waals surface area contributed by atoms with Crippen LogP contribution < -0.4 is 0 Å². The van der Waals surface area contributed by atoms with E-state index in [4.69, 9.17) is 4.74 Å². The normalized spacial score (nSPS) is 40.8. The van der Waals surface area contributed by atoms with Crippen molar-refractivity contribution in [2.75, 3.05) is 0 Å². The minimum Gasteiger partial charge on any atom is -0.369 e. The molecule has 0 bridgehead atoms. The Morgan fingerprint density at radius 2 is 1.94 bits per heavy atom. The number of hydrogen-bond donors (Lipinski definition) is 0. The van der Waals surface area contributed by atoms with E-state index in [0.29, 0.717) is 17.6 Å². The lowest BCUT2D eigenvalue weighted by Crippen LogP contribution is -2.20. The van der Waals surface area contributed by atoms with Crippen LogP contribution in [-0.4, -0.2) is 12.2 Å². The van der Waals surface area contributed by atoms with Gasteiger partial charge in [-0.15, -0.1) is 0 Å². The van der Waals surface area contributed by atoms with E-state index in [1.165, 1.54) is 24.0 Å². The molecule has 1 aliphatic carbocycles. The van der Waals surface area contributed by atoms with Crippen LogP contribution in [0.15, 0.2) is 23.3 Å². The van der Waals surface area contributed by atoms with Gasteiger partial charge in [0, 0.05) is 0 Å². The van der Waals surface area contributed by atoms with E-state index in [-0.39, 0.29) is 0 Å². The Morgan fingerprint density at radius 3 is 2.69 bits per heavy atom. The Hall–Kier alpha value is -0.560. The van der Waals surface area contributed by atoms with Gasteiger partial charge < -0.3 is 4.74 Å². The summed E-state index contributed by atoms with van der Waals surface area (Å²) in [6.45, 7) is 9.15. The van der Waals surface area contributed by atoms with Gasteiger partial charge in [-0.25, -0.2) is 0 Å². The van der Waals surface area contributed by atoms with Gasteiger partial charge in [0.2, 0.25) is 0 Å². The Bertz CT molecular complexity index is 322. The van der Waals surface area contributed by atoms with Crippen molar-refractivity contribution < 1.29 is 4.74 Å². The minimum absolute atomic E-state index is 0.302. The molecule has 2 atom stereocenters. The molecule has 16 heavy (non-hydrogen) atoms. The van der Waals surface area contributed by atoms with Gasteiger partial charge in [-0.1, -0.05) is 37.1 Å². The van der Waals surface area contributed by atoms with Gasteiger partial charge in [-0.05, 0) is 44.9 Å². The second-order valence-corrected chi connectivity index (χ2v) is 6.13. The van der Waals surface area contributed by atoms with Crippen LogP contribution in [-0.2, 0) is 4.74 Å². The van der Waals surface area contributed by atoms with Gasteiger partial charge in [0.25, 0.3) is 0 Å². The molecule has 1 fully saturated rings. The zero-order valence-corrected chi connectivity index (χ0v) is 11.0. The molecule has 0 N–H and O–H groups in total. The van der Waals surface area contributed by atoms with Gasteiger partial charge in [-0.3, -0.25) is 0 Å². The molecular formula is C15H24O. The van der Waals surface area contributed by atoms with Crippen molar-refractivity contribution in [1.29, 1.82) is 0 Å². The third-order valence-corrected chi connectivity index (χ3v) is 3.88. The molecule has 2 aliphatic rings. The van der Waals surface area contributed by atoms with E-state index in [0.717, 1.165) is 12.8 Å². The third-order valence-electron chi connectivity index (χ3n) is 3.88. The summed E-state index contributed by atoms with van der Waals surface area (Å²) in [6.07, 6.45) is 10.4. The standard InChI is InChI=1S/C15H24O/c1-11-6-5-7-12(2)10-13-14(16-13)15(3,4)9-8-11/h7-8,13-14H,5-6,9-10H2,1-4H3/b11-8+,12-7+/t13-,14+/m0/s1. The summed E-state index contributed by atoms with van der Waals surface area (Å²) in [6, 6.07) is 0. The van der Waals surface area contributed by atoms with Crippen LogP contribution in [0.5, 0.6) is 0 Å². The largest absolute Gasteiger partial charge is 0.369 e. The average Bonchev–Trinajstić information content (AvgIpc) is 2.94. The summed E-state index contributed by atoms with van der Waals surface area (Å²) < 4.78 is 5.84. The highest BCUT2D eigenvalue weighted by Gasteiger charge is 2.48. The Labute approximate surface area is 99.6 Å². The molecule has 0 aromatic heterocycles. The summed E-state index contributed by atoms with van der Waals surface area (Å²) in [7, 11) is 0. The van der Waals surface area contributed by atoms with Gasteiger partial charge in [0.15, 0.2) is 0 Å². The van der Waals surface area contributed by atoms with E-state index in [1.807, 2.05) is 0 Å². The summed E-state index contributed by atoms with van der Waals surface area (Å²) in [5.41, 5.74) is 3.32. The van der Waals surface area contributed by atoms with Crippen LogP contribution in [0.25, 0.3) is 0 Å². The molecule has 0 aromatic rings. The maximum atomic E-state index is 5.84. The molecule has 1 nitrogen and oxygen atoms in total. The highest BCUT2D eigenvalue weighted by molar-refractivity contribution is 5.12. The zero-order valence-electron chi connectivity index (χ0n) is 11.0. The number of ether oxygens (including phenoxy) is 1. The fraction of sp³-hybridized carbons (Fsp3) is 0.733. The molecule has 1 aliphatic heterocycles. The predicted octanol–water partition coefficient (Wildman–Crippen LogP) is 4.25. The van der Waals surface area contributed by atoms with Crippen LogP contribution in [0.3, 0.4) is 0 Å². The maximum Gasteiger partial charge on any atom is 0.0898 e. The van der Waals surface area contributed by atoms with Crippen molar-refractivity contribution in [3.63, 3.8) is 0 Å². The Balaban J connectivity index is 2.12. The molecule has 0 unspecified atom stereocenters. The lowest BCUT2D eigenvalue weighted by Gasteiger charge is -2.20. The number of rotatable bonds is 0. The Kier molecular flexibility index (Phi) is 3.25. The molecule has 0 spiro atoms. The van der Waals surface area contributed by atoms with Crippen LogP contribution in [0.4, 0.5) is 0 Å². The van der Waals surface area contributed by atoms with Crippen LogP contribution in [0, 0.1) is 5.41 Å². The van der Waals surface area contributed by atoms with Gasteiger partial charge in [-0.2, -0.15) is 0 Å². The van der Waals surface area contributed by atoms with Crippen LogP contribution in [0.1, 0.15) is 53.4 Å². The first kappa shape index (κ1) is 11.9. The van der Waals surface area contributed by atoms with E-state index >= 15 is 0 Å². The molecule has 1 saturated heterocycles. The van der Waals surface area contributed by atoms with Crippen molar-refractivity contribution in [1.82, 2.24) is 0 Å². The van der Waals surface area contributed by atoms with Crippen molar-refractivity contribution in [2.24, 2.45) is 5.41 Å². The molecule has 2 rings (SSSR count). The van der Waals surface area contributed by atoms with E-state index in [9.17, 15) is 0 Å². The van der Waals surface area contributed by atoms with Crippen molar-refractivity contribution in [3.8, 4) is 0 Å². The first-order chi connectivity index (χ1) is 7.49. The lowest BCUT2D eigenvalue weighted by molar-refractivity contribution is 0.241. The molecule has 0 aromatic carbocycles. The summed E-state index contributed by atoms with van der Waals surface area (Å²) in [4.78, 5) is 0. The fourth-order valence-electron chi connectivity index (χ4n) is 2.59. The summed E-state index contributed by atoms with van der Waals surface area (Å²) in [5, 5.41) is 0. The van der Waals surface area contributed by atoms with Crippen LogP contribution in [0.2, 0.25) is 0 Å². The first-order valence-electron chi connectivity index (χ1n) is 6.46. The van der Waals surface area contributed by atoms with Gasteiger partial charge >= 0.3 is 0 Å². The average molecular weight is 220 g/mol. The minimum atomic E-state index is 0.302. The summed E-state index contributed by atoms with van der Waals surface area (Å²) in [5.74, 6) is 0. The smallest absolute Gasteiger partial charge is 0.0898 e. The topological polar surface area (TPSA) is 12.5 Å². The fourth-order valence-corrected chi connectivity index (χ4v) is 2.59. The second-order valence-electron chi connectivity index (χ2n) is 6.13. The number of hydrogen-bond acceptors (Lipinski definition) is 1. The second kappa shape index (κ2) is 4.37. The molecular weight excluding hydrogens is 196 g/mol. The number of epoxide rings is 1. The van der Waals surface area contributed by atoms with Gasteiger partial charge in [0.1, 0.15) is 0 Å². The highest BCUT2D eigenvalue weighted by atomic mass is 16.6. The van der Waals surface area contributed by atoms with Crippen molar-refractivity contribution >= 4 is 0 Å². The molecule has 0 saturated carbocycles.